The van der Waals surface area contributed by atoms with Crippen molar-refractivity contribution >= 4 is 0 Å². The quantitative estimate of drug-likeness (QED) is 0.563. The summed E-state index contributed by atoms with van der Waals surface area (Å²) < 4.78 is 0. The highest BCUT2D eigenvalue weighted by atomic mass is 16.6. The highest BCUT2D eigenvalue weighted by Gasteiger charge is 1.97. The van der Waals surface area contributed by atoms with Gasteiger partial charge in [0.05, 0.1) is 6.61 Å². The van der Waals surface area contributed by atoms with Gasteiger partial charge in [-0.15, -0.1) is 0 Å². The third-order valence-electron chi connectivity index (χ3n) is 1.16. The number of hydrogen-bond acceptors (Lipinski definition) is 2. The maximum atomic E-state index is 4.86. The summed E-state index contributed by atoms with van der Waals surface area (Å²) in [7, 11) is 0. The number of rotatable bonds is 4. The number of nitrogens with two attached hydrogens (primary N) is 1. The molecule has 0 fully saturated rings. The Morgan fingerprint density at radius 2 is 2.25 bits per heavy atom. The molecule has 0 aliphatic heterocycles. The van der Waals surface area contributed by atoms with Gasteiger partial charge in [-0.3, -0.25) is 0 Å². The molecule has 0 aromatic heterocycles. The highest BCUT2D eigenvalue weighted by Crippen LogP contribution is 2.02. The summed E-state index contributed by atoms with van der Waals surface area (Å²) in [6.07, 6.45) is 2.42. The van der Waals surface area contributed by atoms with Crippen LogP contribution < -0.4 is 5.90 Å². The SMILES string of the molecule is CCCC(C)CON. The van der Waals surface area contributed by atoms with Gasteiger partial charge in [0.2, 0.25) is 0 Å². The van der Waals surface area contributed by atoms with Crippen molar-refractivity contribution in [1.29, 1.82) is 0 Å². The van der Waals surface area contributed by atoms with Crippen LogP contribution in [0.5, 0.6) is 0 Å². The molecule has 0 radical (unpaired) electrons. The fraction of sp³-hybridized carbons (Fsp3) is 1.00. The van der Waals surface area contributed by atoms with Gasteiger partial charge in [-0.05, 0) is 12.3 Å². The van der Waals surface area contributed by atoms with Gasteiger partial charge in [0, 0.05) is 0 Å². The summed E-state index contributed by atoms with van der Waals surface area (Å²) in [5, 5.41) is 0. The fourth-order valence-electron chi connectivity index (χ4n) is 0.740. The Morgan fingerprint density at radius 1 is 1.62 bits per heavy atom. The van der Waals surface area contributed by atoms with Crippen LogP contribution in [0.25, 0.3) is 0 Å². The first kappa shape index (κ1) is 7.92. The van der Waals surface area contributed by atoms with E-state index in [1.54, 1.807) is 0 Å². The molecule has 50 valence electrons. The maximum Gasteiger partial charge on any atom is 0.0704 e. The van der Waals surface area contributed by atoms with E-state index < -0.39 is 0 Å². The average molecular weight is 117 g/mol. The van der Waals surface area contributed by atoms with Crippen LogP contribution in [0.4, 0.5) is 0 Å². The molecule has 0 amide bonds. The fourth-order valence-corrected chi connectivity index (χ4v) is 0.740. The largest absolute Gasteiger partial charge is 0.304 e. The maximum absolute atomic E-state index is 4.86. The van der Waals surface area contributed by atoms with E-state index in [0.717, 1.165) is 0 Å². The molecular weight excluding hydrogens is 102 g/mol. The predicted molar refractivity (Wildman–Crippen MR) is 34.2 cm³/mol. The second kappa shape index (κ2) is 5.06. The van der Waals surface area contributed by atoms with Gasteiger partial charge in [-0.2, -0.15) is 0 Å². The lowest BCUT2D eigenvalue weighted by molar-refractivity contribution is 0.104. The molecule has 0 aliphatic carbocycles. The summed E-state index contributed by atoms with van der Waals surface area (Å²) in [4.78, 5) is 4.46. The molecule has 0 rings (SSSR count). The first-order chi connectivity index (χ1) is 3.81. The van der Waals surface area contributed by atoms with Crippen LogP contribution in [0.2, 0.25) is 0 Å². The molecule has 0 heterocycles. The Kier molecular flexibility index (Phi) is 5.01. The van der Waals surface area contributed by atoms with Crippen molar-refractivity contribution in [3.63, 3.8) is 0 Å². The molecule has 0 aromatic rings. The van der Waals surface area contributed by atoms with Crippen LogP contribution in [0.3, 0.4) is 0 Å². The van der Waals surface area contributed by atoms with Gasteiger partial charge in [-0.1, -0.05) is 20.3 Å². The molecule has 0 saturated carbocycles. The van der Waals surface area contributed by atoms with Crippen LogP contribution in [0, 0.1) is 5.92 Å². The van der Waals surface area contributed by atoms with Gasteiger partial charge in [0.15, 0.2) is 0 Å². The third kappa shape index (κ3) is 4.09. The molecule has 0 bridgehead atoms. The van der Waals surface area contributed by atoms with Crippen LogP contribution in [0.1, 0.15) is 26.7 Å². The minimum atomic E-state index is 0.616. The van der Waals surface area contributed by atoms with E-state index >= 15 is 0 Å². The van der Waals surface area contributed by atoms with Gasteiger partial charge in [-0.25, -0.2) is 5.90 Å². The molecule has 2 heteroatoms. The zero-order valence-electron chi connectivity index (χ0n) is 5.68. The molecule has 0 aliphatic rings. The van der Waals surface area contributed by atoms with Gasteiger partial charge in [0.1, 0.15) is 0 Å². The highest BCUT2D eigenvalue weighted by molar-refractivity contribution is 4.47. The van der Waals surface area contributed by atoms with Crippen molar-refractivity contribution in [2.75, 3.05) is 6.61 Å². The van der Waals surface area contributed by atoms with Crippen LogP contribution in [-0.4, -0.2) is 6.61 Å². The molecule has 8 heavy (non-hydrogen) atoms. The molecular formula is C6H15NO. The van der Waals surface area contributed by atoms with Gasteiger partial charge in [0.25, 0.3) is 0 Å². The van der Waals surface area contributed by atoms with E-state index in [2.05, 4.69) is 18.7 Å². The molecule has 0 spiro atoms. The average Bonchev–Trinajstić information content (AvgIpc) is 1.68. The molecule has 1 atom stereocenters. The summed E-state index contributed by atoms with van der Waals surface area (Å²) in [6, 6.07) is 0. The van der Waals surface area contributed by atoms with E-state index in [4.69, 9.17) is 5.90 Å². The lowest BCUT2D eigenvalue weighted by atomic mass is 10.1. The second-order valence-electron chi connectivity index (χ2n) is 2.23. The van der Waals surface area contributed by atoms with Crippen molar-refractivity contribution in [1.82, 2.24) is 0 Å². The molecule has 0 saturated heterocycles. The van der Waals surface area contributed by atoms with Crippen molar-refractivity contribution in [3.05, 3.63) is 0 Å². The second-order valence-corrected chi connectivity index (χ2v) is 2.23. The van der Waals surface area contributed by atoms with E-state index in [1.807, 2.05) is 0 Å². The normalized spacial score (nSPS) is 13.9. The van der Waals surface area contributed by atoms with Crippen LogP contribution in [-0.2, 0) is 4.84 Å². The summed E-state index contributed by atoms with van der Waals surface area (Å²) in [5.74, 6) is 5.48. The Bertz CT molecular complexity index is 41.8. The monoisotopic (exact) mass is 117 g/mol. The lowest BCUT2D eigenvalue weighted by Gasteiger charge is -2.05. The van der Waals surface area contributed by atoms with Gasteiger partial charge < -0.3 is 4.84 Å². The number of hydrogen-bond donors (Lipinski definition) is 1. The standard InChI is InChI=1S/C6H15NO/c1-3-4-6(2)5-8-7/h6H,3-5,7H2,1-2H3. The molecule has 2 N–H and O–H groups in total. The van der Waals surface area contributed by atoms with E-state index in [0.29, 0.717) is 12.5 Å². The summed E-state index contributed by atoms with van der Waals surface area (Å²) >= 11 is 0. The topological polar surface area (TPSA) is 35.2 Å². The Balaban J connectivity index is 2.92. The van der Waals surface area contributed by atoms with Crippen LogP contribution in [0.15, 0.2) is 0 Å². The van der Waals surface area contributed by atoms with E-state index in [-0.39, 0.29) is 0 Å². The minimum absolute atomic E-state index is 0.616. The molecule has 0 aromatic carbocycles. The minimum Gasteiger partial charge on any atom is -0.304 e. The third-order valence-corrected chi connectivity index (χ3v) is 1.16. The van der Waals surface area contributed by atoms with Crippen molar-refractivity contribution < 1.29 is 4.84 Å². The Labute approximate surface area is 51.0 Å². The zero-order valence-corrected chi connectivity index (χ0v) is 5.68. The molecule has 1 unspecified atom stereocenters. The van der Waals surface area contributed by atoms with Crippen molar-refractivity contribution in [3.8, 4) is 0 Å². The van der Waals surface area contributed by atoms with Gasteiger partial charge >= 0.3 is 0 Å². The van der Waals surface area contributed by atoms with Crippen molar-refractivity contribution in [2.45, 2.75) is 26.7 Å². The van der Waals surface area contributed by atoms with Crippen molar-refractivity contribution in [2.24, 2.45) is 11.8 Å². The first-order valence-electron chi connectivity index (χ1n) is 3.13. The van der Waals surface area contributed by atoms with E-state index in [9.17, 15) is 0 Å². The Morgan fingerprint density at radius 3 is 2.62 bits per heavy atom. The Hall–Kier alpha value is -0.0800. The molecule has 2 nitrogen and oxygen atoms in total. The van der Waals surface area contributed by atoms with E-state index in [1.165, 1.54) is 12.8 Å². The zero-order chi connectivity index (χ0) is 6.41. The van der Waals surface area contributed by atoms with Crippen LogP contribution >= 0.6 is 0 Å². The summed E-state index contributed by atoms with van der Waals surface area (Å²) in [5.41, 5.74) is 0. The lowest BCUT2D eigenvalue weighted by Crippen LogP contribution is -2.09. The smallest absolute Gasteiger partial charge is 0.0704 e. The predicted octanol–water partition coefficient (Wildman–Crippen LogP) is 1.31. The summed E-state index contributed by atoms with van der Waals surface area (Å²) in [6.45, 7) is 4.98. The first-order valence-corrected chi connectivity index (χ1v) is 3.13.